The first-order valence-electron chi connectivity index (χ1n) is 5.82. The van der Waals surface area contributed by atoms with Crippen molar-refractivity contribution in [3.05, 3.63) is 17.3 Å². The van der Waals surface area contributed by atoms with Crippen LogP contribution >= 0.6 is 27.3 Å². The zero-order valence-corrected chi connectivity index (χ0v) is 12.1. The average Bonchev–Trinajstić information content (AvgIpc) is 2.96. The Labute approximate surface area is 113 Å². The lowest BCUT2D eigenvalue weighted by Crippen LogP contribution is -2.31. The number of aromatic nitrogens is 2. The number of nitrogens with zero attached hydrogens (tertiary/aromatic N) is 3. The van der Waals surface area contributed by atoms with Crippen LogP contribution in [0.15, 0.2) is 11.7 Å². The summed E-state index contributed by atoms with van der Waals surface area (Å²) in [5, 5.41) is 3.19. The molecule has 17 heavy (non-hydrogen) atoms. The maximum atomic E-state index is 4.50. The van der Waals surface area contributed by atoms with Gasteiger partial charge in [-0.15, -0.1) is 11.3 Å². The van der Waals surface area contributed by atoms with Gasteiger partial charge in [0.1, 0.15) is 12.1 Å². The third kappa shape index (κ3) is 1.85. The Morgan fingerprint density at radius 1 is 1.53 bits per heavy atom. The van der Waals surface area contributed by atoms with Crippen LogP contribution < -0.4 is 4.90 Å². The highest BCUT2D eigenvalue weighted by molar-refractivity contribution is 9.09. The first-order valence-corrected chi connectivity index (χ1v) is 7.83. The zero-order valence-electron chi connectivity index (χ0n) is 9.69. The second-order valence-corrected chi connectivity index (χ2v) is 5.96. The Kier molecular flexibility index (Phi) is 3.04. The number of rotatable bonds is 2. The summed E-state index contributed by atoms with van der Waals surface area (Å²) in [7, 11) is 0. The summed E-state index contributed by atoms with van der Waals surface area (Å²) in [6.07, 6.45) is 4.20. The molecule has 0 amide bonds. The molecule has 2 aromatic heterocycles. The van der Waals surface area contributed by atoms with E-state index in [1.54, 1.807) is 17.7 Å². The van der Waals surface area contributed by atoms with Gasteiger partial charge in [-0.25, -0.2) is 9.97 Å². The molecule has 1 unspecified atom stereocenters. The van der Waals surface area contributed by atoms with E-state index in [4.69, 9.17) is 0 Å². The SMILES string of the molecule is Cc1csc2c(N3CCCC3CBr)ncnc12. The summed E-state index contributed by atoms with van der Waals surface area (Å²) in [5.74, 6) is 1.12. The molecule has 3 heterocycles. The lowest BCUT2D eigenvalue weighted by Gasteiger charge is -2.24. The molecule has 0 aliphatic carbocycles. The number of fused-ring (bicyclic) bond motifs is 1. The van der Waals surface area contributed by atoms with Gasteiger partial charge >= 0.3 is 0 Å². The molecule has 3 rings (SSSR count). The van der Waals surface area contributed by atoms with E-state index in [1.165, 1.54) is 23.1 Å². The predicted octanol–water partition coefficient (Wildman–Crippen LogP) is 3.36. The smallest absolute Gasteiger partial charge is 0.150 e. The van der Waals surface area contributed by atoms with E-state index in [0.29, 0.717) is 6.04 Å². The molecule has 0 bridgehead atoms. The van der Waals surface area contributed by atoms with Gasteiger partial charge in [-0.1, -0.05) is 15.9 Å². The van der Waals surface area contributed by atoms with Crippen LogP contribution in [0.2, 0.25) is 0 Å². The quantitative estimate of drug-likeness (QED) is 0.796. The van der Waals surface area contributed by atoms with E-state index in [1.807, 2.05) is 0 Å². The number of thiophene rings is 1. The summed E-state index contributed by atoms with van der Waals surface area (Å²) in [5.41, 5.74) is 2.36. The van der Waals surface area contributed by atoms with Gasteiger partial charge < -0.3 is 4.90 Å². The maximum Gasteiger partial charge on any atom is 0.150 e. The van der Waals surface area contributed by atoms with E-state index in [-0.39, 0.29) is 0 Å². The Morgan fingerprint density at radius 3 is 3.24 bits per heavy atom. The highest BCUT2D eigenvalue weighted by Gasteiger charge is 2.26. The van der Waals surface area contributed by atoms with Crippen molar-refractivity contribution in [3.63, 3.8) is 0 Å². The molecule has 1 aliphatic heterocycles. The van der Waals surface area contributed by atoms with Gasteiger partial charge in [0.15, 0.2) is 0 Å². The van der Waals surface area contributed by atoms with Crippen LogP contribution in [0, 0.1) is 6.92 Å². The van der Waals surface area contributed by atoms with Gasteiger partial charge in [-0.05, 0) is 30.7 Å². The number of alkyl halides is 1. The molecule has 2 aromatic rings. The molecule has 1 atom stereocenters. The molecule has 3 nitrogen and oxygen atoms in total. The van der Waals surface area contributed by atoms with Crippen LogP contribution in [-0.4, -0.2) is 27.9 Å². The van der Waals surface area contributed by atoms with E-state index >= 15 is 0 Å². The van der Waals surface area contributed by atoms with Gasteiger partial charge in [0.05, 0.1) is 10.2 Å². The number of anilines is 1. The molecule has 5 heteroatoms. The van der Waals surface area contributed by atoms with Crippen molar-refractivity contribution in [1.82, 2.24) is 9.97 Å². The van der Waals surface area contributed by atoms with Crippen molar-refractivity contribution in [2.24, 2.45) is 0 Å². The second-order valence-electron chi connectivity index (χ2n) is 4.44. The third-order valence-electron chi connectivity index (χ3n) is 3.34. The summed E-state index contributed by atoms with van der Waals surface area (Å²) >= 11 is 5.36. The van der Waals surface area contributed by atoms with Crippen molar-refractivity contribution in [1.29, 1.82) is 0 Å². The van der Waals surface area contributed by atoms with E-state index in [9.17, 15) is 0 Å². The van der Waals surface area contributed by atoms with Crippen LogP contribution in [0.25, 0.3) is 10.2 Å². The lowest BCUT2D eigenvalue weighted by molar-refractivity contribution is 0.744. The topological polar surface area (TPSA) is 29.0 Å². The fraction of sp³-hybridized carbons (Fsp3) is 0.500. The van der Waals surface area contributed by atoms with Crippen molar-refractivity contribution in [2.75, 3.05) is 16.8 Å². The molecule has 1 fully saturated rings. The fourth-order valence-electron chi connectivity index (χ4n) is 2.44. The lowest BCUT2D eigenvalue weighted by atomic mass is 10.2. The molecule has 0 N–H and O–H groups in total. The molecule has 1 saturated heterocycles. The molecular formula is C12H14BrN3S. The van der Waals surface area contributed by atoms with Gasteiger partial charge in [-0.3, -0.25) is 0 Å². The normalized spacial score (nSPS) is 20.4. The Hall–Kier alpha value is -0.680. The van der Waals surface area contributed by atoms with E-state index < -0.39 is 0 Å². The predicted molar refractivity (Wildman–Crippen MR) is 76.3 cm³/mol. The summed E-state index contributed by atoms with van der Waals surface area (Å²) in [4.78, 5) is 11.3. The van der Waals surface area contributed by atoms with Gasteiger partial charge in [-0.2, -0.15) is 0 Å². The molecule has 0 saturated carbocycles. The summed E-state index contributed by atoms with van der Waals surface area (Å²) < 4.78 is 1.23. The van der Waals surface area contributed by atoms with Crippen LogP contribution in [-0.2, 0) is 0 Å². The summed E-state index contributed by atoms with van der Waals surface area (Å²) in [6.45, 7) is 3.22. The fourth-order valence-corrected chi connectivity index (χ4v) is 4.12. The second kappa shape index (κ2) is 4.53. The highest BCUT2D eigenvalue weighted by atomic mass is 79.9. The van der Waals surface area contributed by atoms with Crippen molar-refractivity contribution < 1.29 is 0 Å². The van der Waals surface area contributed by atoms with Crippen LogP contribution in [0.4, 0.5) is 5.82 Å². The van der Waals surface area contributed by atoms with Crippen LogP contribution in [0.1, 0.15) is 18.4 Å². The van der Waals surface area contributed by atoms with Crippen molar-refractivity contribution in [3.8, 4) is 0 Å². The zero-order chi connectivity index (χ0) is 11.8. The minimum atomic E-state index is 0.579. The molecular weight excluding hydrogens is 298 g/mol. The third-order valence-corrected chi connectivity index (χ3v) is 5.17. The number of halogens is 1. The largest absolute Gasteiger partial charge is 0.352 e. The molecule has 0 aromatic carbocycles. The van der Waals surface area contributed by atoms with Crippen LogP contribution in [0.5, 0.6) is 0 Å². The van der Waals surface area contributed by atoms with Crippen molar-refractivity contribution in [2.45, 2.75) is 25.8 Å². The number of hydrogen-bond acceptors (Lipinski definition) is 4. The Bertz CT molecular complexity index is 540. The highest BCUT2D eigenvalue weighted by Crippen LogP contribution is 2.34. The molecule has 1 aliphatic rings. The van der Waals surface area contributed by atoms with E-state index in [2.05, 4.69) is 43.1 Å². The van der Waals surface area contributed by atoms with Gasteiger partial charge in [0.25, 0.3) is 0 Å². The maximum absolute atomic E-state index is 4.50. The Balaban J connectivity index is 2.10. The minimum absolute atomic E-state index is 0.579. The first kappa shape index (κ1) is 11.4. The molecule has 0 radical (unpaired) electrons. The van der Waals surface area contributed by atoms with E-state index in [0.717, 1.165) is 23.2 Å². The number of hydrogen-bond donors (Lipinski definition) is 0. The molecule has 0 spiro atoms. The van der Waals surface area contributed by atoms with Crippen LogP contribution in [0.3, 0.4) is 0 Å². The van der Waals surface area contributed by atoms with Gasteiger partial charge in [0.2, 0.25) is 0 Å². The average molecular weight is 312 g/mol. The number of aryl methyl sites for hydroxylation is 1. The van der Waals surface area contributed by atoms with Gasteiger partial charge in [0, 0.05) is 17.9 Å². The minimum Gasteiger partial charge on any atom is -0.352 e. The monoisotopic (exact) mass is 311 g/mol. The summed E-state index contributed by atoms with van der Waals surface area (Å²) in [6, 6.07) is 0.579. The van der Waals surface area contributed by atoms with Crippen molar-refractivity contribution >= 4 is 43.3 Å². The standard InChI is InChI=1S/C12H14BrN3S/c1-8-6-17-11-10(8)14-7-15-12(11)16-4-2-3-9(16)5-13/h6-7,9H,2-5H2,1H3. The first-order chi connectivity index (χ1) is 8.31. The molecule has 90 valence electrons. The Morgan fingerprint density at radius 2 is 2.41 bits per heavy atom.